The summed E-state index contributed by atoms with van der Waals surface area (Å²) in [5.41, 5.74) is 3.20. The Morgan fingerprint density at radius 1 is 1.11 bits per heavy atom. The zero-order valence-electron chi connectivity index (χ0n) is 15.2. The number of carbonyl (C=O) groups excluding carboxylic acids is 1. The van der Waals surface area contributed by atoms with Crippen LogP contribution in [0, 0.1) is 0 Å². The number of carbonyl (C=O) groups is 1. The summed E-state index contributed by atoms with van der Waals surface area (Å²) in [6.45, 7) is 1.07. The van der Waals surface area contributed by atoms with Crippen molar-refractivity contribution in [3.8, 4) is 28.4 Å². The van der Waals surface area contributed by atoms with E-state index in [1.165, 1.54) is 0 Å². The van der Waals surface area contributed by atoms with Gasteiger partial charge < -0.3 is 19.8 Å². The zero-order valence-corrected chi connectivity index (χ0v) is 15.2. The van der Waals surface area contributed by atoms with Crippen LogP contribution in [0.15, 0.2) is 60.9 Å². The Balaban J connectivity index is 1.60. The smallest absolute Gasteiger partial charge is 0.227 e. The molecule has 0 atom stereocenters. The van der Waals surface area contributed by atoms with Crippen molar-refractivity contribution in [2.45, 2.75) is 13.0 Å². The van der Waals surface area contributed by atoms with Crippen LogP contribution < -0.4 is 4.74 Å². The first-order valence-corrected chi connectivity index (χ1v) is 9.05. The van der Waals surface area contributed by atoms with Crippen molar-refractivity contribution in [2.24, 2.45) is 0 Å². The first kappa shape index (κ1) is 17.9. The molecule has 0 spiro atoms. The topological polar surface area (TPSA) is 82.9 Å². The van der Waals surface area contributed by atoms with Gasteiger partial charge in [-0.05, 0) is 41.5 Å². The van der Waals surface area contributed by atoms with Crippen molar-refractivity contribution >= 4 is 5.91 Å². The fourth-order valence-electron chi connectivity index (χ4n) is 3.36. The lowest BCUT2D eigenvalue weighted by Crippen LogP contribution is -2.33. The molecule has 1 aromatic heterocycles. The Morgan fingerprint density at radius 3 is 2.79 bits per heavy atom. The first-order chi connectivity index (χ1) is 13.6. The molecule has 2 heterocycles. The summed E-state index contributed by atoms with van der Waals surface area (Å²) < 4.78 is 5.72. The van der Waals surface area contributed by atoms with Gasteiger partial charge in [-0.25, -0.2) is 0 Å². The predicted octanol–water partition coefficient (Wildman–Crippen LogP) is 3.12. The van der Waals surface area contributed by atoms with Crippen molar-refractivity contribution in [3.05, 3.63) is 72.1 Å². The standard InChI is InChI=1S/C22H20N2O4/c25-19-5-1-3-15(9-19)10-21(27)24-7-8-28-22-18(14-24)11-17(12-20(22)26)16-4-2-6-23-13-16/h1-6,9,11-13,25-26H,7-8,10,14H2. The largest absolute Gasteiger partial charge is 0.508 e. The molecule has 3 aromatic rings. The number of pyridine rings is 1. The average molecular weight is 376 g/mol. The quantitative estimate of drug-likeness (QED) is 0.734. The molecule has 0 bridgehead atoms. The van der Waals surface area contributed by atoms with Crippen LogP contribution >= 0.6 is 0 Å². The predicted molar refractivity (Wildman–Crippen MR) is 104 cm³/mol. The van der Waals surface area contributed by atoms with E-state index in [9.17, 15) is 15.0 Å². The Labute approximate surface area is 162 Å². The molecule has 1 aliphatic heterocycles. The minimum atomic E-state index is -0.0617. The summed E-state index contributed by atoms with van der Waals surface area (Å²) in [4.78, 5) is 18.6. The number of phenols is 2. The molecule has 0 saturated carbocycles. The summed E-state index contributed by atoms with van der Waals surface area (Å²) >= 11 is 0. The number of hydrogen-bond donors (Lipinski definition) is 2. The number of hydrogen-bond acceptors (Lipinski definition) is 5. The minimum Gasteiger partial charge on any atom is -0.508 e. The summed E-state index contributed by atoms with van der Waals surface area (Å²) in [7, 11) is 0. The highest BCUT2D eigenvalue weighted by molar-refractivity contribution is 5.79. The average Bonchev–Trinajstić information content (AvgIpc) is 2.92. The third-order valence-electron chi connectivity index (χ3n) is 4.73. The van der Waals surface area contributed by atoms with E-state index in [0.717, 1.165) is 22.3 Å². The third kappa shape index (κ3) is 3.76. The van der Waals surface area contributed by atoms with E-state index in [0.29, 0.717) is 25.4 Å². The van der Waals surface area contributed by atoms with Gasteiger partial charge in [0.1, 0.15) is 12.4 Å². The maximum Gasteiger partial charge on any atom is 0.227 e. The number of fused-ring (bicyclic) bond motifs is 1. The van der Waals surface area contributed by atoms with E-state index < -0.39 is 0 Å². The molecule has 0 fully saturated rings. The van der Waals surface area contributed by atoms with E-state index in [2.05, 4.69) is 4.98 Å². The van der Waals surface area contributed by atoms with Crippen LogP contribution in [0.25, 0.3) is 11.1 Å². The van der Waals surface area contributed by atoms with E-state index in [1.807, 2.05) is 24.3 Å². The number of aromatic hydroxyl groups is 2. The minimum absolute atomic E-state index is 0.0543. The lowest BCUT2D eigenvalue weighted by atomic mass is 10.0. The van der Waals surface area contributed by atoms with E-state index in [1.54, 1.807) is 41.6 Å². The Hall–Kier alpha value is -3.54. The highest BCUT2D eigenvalue weighted by Gasteiger charge is 2.23. The fourth-order valence-corrected chi connectivity index (χ4v) is 3.36. The molecule has 142 valence electrons. The van der Waals surface area contributed by atoms with Crippen molar-refractivity contribution in [2.75, 3.05) is 13.2 Å². The summed E-state index contributed by atoms with van der Waals surface area (Å²) in [6, 6.07) is 14.0. The molecule has 1 aliphatic rings. The second kappa shape index (κ2) is 7.60. The van der Waals surface area contributed by atoms with Gasteiger partial charge in [-0.2, -0.15) is 0 Å². The van der Waals surface area contributed by atoms with Gasteiger partial charge in [0.15, 0.2) is 11.5 Å². The molecule has 0 unspecified atom stereocenters. The highest BCUT2D eigenvalue weighted by Crippen LogP contribution is 2.37. The Kier molecular flexibility index (Phi) is 4.85. The number of phenolic OH excluding ortho intramolecular Hbond substituents is 2. The van der Waals surface area contributed by atoms with Crippen molar-refractivity contribution in [3.63, 3.8) is 0 Å². The lowest BCUT2D eigenvalue weighted by Gasteiger charge is -2.20. The van der Waals surface area contributed by atoms with Gasteiger partial charge in [-0.1, -0.05) is 18.2 Å². The van der Waals surface area contributed by atoms with Gasteiger partial charge in [0.25, 0.3) is 0 Å². The number of rotatable bonds is 3. The molecule has 28 heavy (non-hydrogen) atoms. The lowest BCUT2D eigenvalue weighted by molar-refractivity contribution is -0.131. The second-order valence-electron chi connectivity index (χ2n) is 6.74. The monoisotopic (exact) mass is 376 g/mol. The Bertz CT molecular complexity index is 1000. The van der Waals surface area contributed by atoms with Crippen molar-refractivity contribution in [1.29, 1.82) is 0 Å². The van der Waals surface area contributed by atoms with Crippen LogP contribution in [0.2, 0.25) is 0 Å². The number of ether oxygens (including phenoxy) is 1. The molecule has 2 aromatic carbocycles. The van der Waals surface area contributed by atoms with Crippen molar-refractivity contribution in [1.82, 2.24) is 9.88 Å². The molecule has 2 N–H and O–H groups in total. The van der Waals surface area contributed by atoms with Gasteiger partial charge >= 0.3 is 0 Å². The number of nitrogens with zero attached hydrogens (tertiary/aromatic N) is 2. The van der Waals surface area contributed by atoms with Crippen molar-refractivity contribution < 1.29 is 19.7 Å². The molecule has 1 amide bonds. The van der Waals surface area contributed by atoms with Crippen LogP contribution in [-0.4, -0.2) is 39.2 Å². The van der Waals surface area contributed by atoms with Gasteiger partial charge in [0.2, 0.25) is 5.91 Å². The van der Waals surface area contributed by atoms with Crippen LogP contribution in [0.3, 0.4) is 0 Å². The zero-order chi connectivity index (χ0) is 19.5. The molecule has 6 nitrogen and oxygen atoms in total. The van der Waals surface area contributed by atoms with Gasteiger partial charge in [-0.15, -0.1) is 0 Å². The number of benzene rings is 2. The van der Waals surface area contributed by atoms with E-state index >= 15 is 0 Å². The van der Waals surface area contributed by atoms with E-state index in [4.69, 9.17) is 4.74 Å². The molecular formula is C22H20N2O4. The second-order valence-corrected chi connectivity index (χ2v) is 6.74. The normalized spacial score (nSPS) is 13.4. The third-order valence-corrected chi connectivity index (χ3v) is 4.73. The van der Waals surface area contributed by atoms with Crippen LogP contribution in [0.5, 0.6) is 17.2 Å². The van der Waals surface area contributed by atoms with Gasteiger partial charge in [-0.3, -0.25) is 9.78 Å². The molecule has 0 radical (unpaired) electrons. The number of amides is 1. The molecule has 0 aliphatic carbocycles. The summed E-state index contributed by atoms with van der Waals surface area (Å²) in [6.07, 6.45) is 3.61. The molecule has 6 heteroatoms. The molecular weight excluding hydrogens is 356 g/mol. The van der Waals surface area contributed by atoms with Gasteiger partial charge in [0.05, 0.1) is 13.0 Å². The van der Waals surface area contributed by atoms with Crippen LogP contribution in [0.4, 0.5) is 0 Å². The summed E-state index contributed by atoms with van der Waals surface area (Å²) in [5, 5.41) is 20.0. The first-order valence-electron chi connectivity index (χ1n) is 9.05. The molecule has 4 rings (SSSR count). The van der Waals surface area contributed by atoms with Gasteiger partial charge in [0, 0.05) is 30.1 Å². The highest BCUT2D eigenvalue weighted by atomic mass is 16.5. The van der Waals surface area contributed by atoms with E-state index in [-0.39, 0.29) is 23.8 Å². The fraction of sp³-hybridized carbons (Fsp3) is 0.182. The number of aromatic nitrogens is 1. The Morgan fingerprint density at radius 2 is 2.00 bits per heavy atom. The molecule has 0 saturated heterocycles. The van der Waals surface area contributed by atoms with Crippen LogP contribution in [-0.2, 0) is 17.8 Å². The summed E-state index contributed by atoms with van der Waals surface area (Å²) in [5.74, 6) is 0.549. The van der Waals surface area contributed by atoms with Crippen LogP contribution in [0.1, 0.15) is 11.1 Å². The maximum atomic E-state index is 12.8. The SMILES string of the molecule is O=C(Cc1cccc(O)c1)N1CCOc2c(O)cc(-c3cccnc3)cc2C1. The maximum absolute atomic E-state index is 12.8.